The maximum Gasteiger partial charge on any atom is 0.235 e. The summed E-state index contributed by atoms with van der Waals surface area (Å²) in [6.45, 7) is 0. The second kappa shape index (κ2) is 6.54. The van der Waals surface area contributed by atoms with Gasteiger partial charge in [-0.05, 0) is 30.5 Å². The number of benzene rings is 2. The number of methoxy groups -OCH3 is 2. The molecular weight excluding hydrogens is 349 g/mol. The summed E-state index contributed by atoms with van der Waals surface area (Å²) in [4.78, 5) is 12.9. The van der Waals surface area contributed by atoms with E-state index in [1.54, 1.807) is 24.3 Å². The molecule has 24 heavy (non-hydrogen) atoms. The highest BCUT2D eigenvalue weighted by Gasteiger charge is 2.51. The minimum Gasteiger partial charge on any atom is -0.495 e. The van der Waals surface area contributed by atoms with Gasteiger partial charge in [0.15, 0.2) is 0 Å². The van der Waals surface area contributed by atoms with Crippen molar-refractivity contribution in [3.8, 4) is 11.5 Å². The maximum atomic E-state index is 12.9. The van der Waals surface area contributed by atoms with E-state index in [0.29, 0.717) is 27.2 Å². The molecule has 0 atom stereocenters. The predicted molar refractivity (Wildman–Crippen MR) is 95.5 cm³/mol. The van der Waals surface area contributed by atoms with Crippen LogP contribution in [0.5, 0.6) is 11.5 Å². The van der Waals surface area contributed by atoms with Crippen molar-refractivity contribution in [1.29, 1.82) is 0 Å². The highest BCUT2D eigenvalue weighted by molar-refractivity contribution is 6.32. The van der Waals surface area contributed by atoms with E-state index in [-0.39, 0.29) is 5.91 Å². The molecule has 1 saturated carbocycles. The Morgan fingerprint density at radius 1 is 1.04 bits per heavy atom. The van der Waals surface area contributed by atoms with Crippen molar-refractivity contribution in [2.45, 2.75) is 18.3 Å². The van der Waals surface area contributed by atoms with E-state index in [1.165, 1.54) is 14.2 Å². The number of ether oxygens (including phenoxy) is 2. The van der Waals surface area contributed by atoms with Crippen molar-refractivity contribution in [1.82, 2.24) is 0 Å². The fraction of sp³-hybridized carbons (Fsp3) is 0.278. The molecule has 1 fully saturated rings. The Balaban J connectivity index is 1.88. The summed E-state index contributed by atoms with van der Waals surface area (Å²) in [5.41, 5.74) is 0.982. The third-order valence-corrected chi connectivity index (χ3v) is 4.85. The summed E-state index contributed by atoms with van der Waals surface area (Å²) >= 11 is 12.0. The van der Waals surface area contributed by atoms with Crippen molar-refractivity contribution < 1.29 is 14.3 Å². The Bertz CT molecular complexity index is 771. The fourth-order valence-electron chi connectivity index (χ4n) is 2.74. The first-order valence-electron chi connectivity index (χ1n) is 7.49. The van der Waals surface area contributed by atoms with Crippen LogP contribution in [0.25, 0.3) is 0 Å². The lowest BCUT2D eigenvalue weighted by Gasteiger charge is -2.18. The zero-order valence-corrected chi connectivity index (χ0v) is 14.9. The van der Waals surface area contributed by atoms with E-state index in [1.807, 2.05) is 12.1 Å². The maximum absolute atomic E-state index is 12.9. The summed E-state index contributed by atoms with van der Waals surface area (Å²) < 4.78 is 10.5. The van der Waals surface area contributed by atoms with Crippen molar-refractivity contribution in [2.75, 3.05) is 19.5 Å². The number of carbonyl (C=O) groups excluding carboxylic acids is 1. The number of anilines is 1. The van der Waals surface area contributed by atoms with Gasteiger partial charge in [0.25, 0.3) is 0 Å². The van der Waals surface area contributed by atoms with Gasteiger partial charge < -0.3 is 14.8 Å². The standard InChI is InChI=1S/C18H17Cl2NO3/c1-23-15-10-14(16(24-2)9-13(15)20)21-17(22)18(7-8-18)11-3-5-12(19)6-4-11/h3-6,9-10H,7-8H2,1-2H3,(H,21,22). The van der Waals surface area contributed by atoms with Gasteiger partial charge in [0.1, 0.15) is 11.5 Å². The Morgan fingerprint density at radius 2 is 1.67 bits per heavy atom. The van der Waals surface area contributed by atoms with Gasteiger partial charge in [0.2, 0.25) is 5.91 Å². The smallest absolute Gasteiger partial charge is 0.235 e. The van der Waals surface area contributed by atoms with Crippen LogP contribution in [0.3, 0.4) is 0 Å². The van der Waals surface area contributed by atoms with Gasteiger partial charge >= 0.3 is 0 Å². The first kappa shape index (κ1) is 16.9. The van der Waals surface area contributed by atoms with Crippen LogP contribution in [-0.2, 0) is 10.2 Å². The fourth-order valence-corrected chi connectivity index (χ4v) is 3.10. The van der Waals surface area contributed by atoms with E-state index in [4.69, 9.17) is 32.7 Å². The lowest BCUT2D eigenvalue weighted by Crippen LogP contribution is -2.28. The average molecular weight is 366 g/mol. The molecule has 0 aliphatic heterocycles. The Morgan fingerprint density at radius 3 is 2.21 bits per heavy atom. The van der Waals surface area contributed by atoms with Gasteiger partial charge in [-0.2, -0.15) is 0 Å². The minimum absolute atomic E-state index is 0.0764. The highest BCUT2D eigenvalue weighted by atomic mass is 35.5. The van der Waals surface area contributed by atoms with Crippen molar-refractivity contribution in [2.24, 2.45) is 0 Å². The molecule has 2 aromatic carbocycles. The molecule has 0 unspecified atom stereocenters. The summed E-state index contributed by atoms with van der Waals surface area (Å²) in [5, 5.41) is 4.02. The third-order valence-electron chi connectivity index (χ3n) is 4.30. The van der Waals surface area contributed by atoms with Crippen LogP contribution in [0.1, 0.15) is 18.4 Å². The summed E-state index contributed by atoms with van der Waals surface area (Å²) in [6, 6.07) is 10.7. The SMILES string of the molecule is COc1cc(NC(=O)C2(c3ccc(Cl)cc3)CC2)c(OC)cc1Cl. The molecule has 1 aliphatic carbocycles. The van der Waals surface area contributed by atoms with Crippen LogP contribution in [0, 0.1) is 0 Å². The van der Waals surface area contributed by atoms with E-state index in [9.17, 15) is 4.79 Å². The lowest BCUT2D eigenvalue weighted by atomic mass is 9.95. The van der Waals surface area contributed by atoms with Crippen LogP contribution in [0.4, 0.5) is 5.69 Å². The largest absolute Gasteiger partial charge is 0.495 e. The van der Waals surface area contributed by atoms with Gasteiger partial charge in [-0.3, -0.25) is 4.79 Å². The molecule has 0 spiro atoms. The molecule has 126 valence electrons. The number of hydrogen-bond acceptors (Lipinski definition) is 3. The molecule has 1 aliphatic rings. The van der Waals surface area contributed by atoms with E-state index in [2.05, 4.69) is 5.32 Å². The van der Waals surface area contributed by atoms with Crippen molar-refractivity contribution in [3.63, 3.8) is 0 Å². The molecular formula is C18H17Cl2NO3. The van der Waals surface area contributed by atoms with E-state index >= 15 is 0 Å². The van der Waals surface area contributed by atoms with Gasteiger partial charge in [-0.15, -0.1) is 0 Å². The summed E-state index contributed by atoms with van der Waals surface area (Å²) in [6.07, 6.45) is 1.60. The van der Waals surface area contributed by atoms with Gasteiger partial charge in [0.05, 0.1) is 30.3 Å². The normalized spacial score (nSPS) is 14.8. The van der Waals surface area contributed by atoms with Crippen LogP contribution >= 0.6 is 23.2 Å². The van der Waals surface area contributed by atoms with Crippen molar-refractivity contribution >= 4 is 34.8 Å². The number of amides is 1. The van der Waals surface area contributed by atoms with Crippen LogP contribution in [0.2, 0.25) is 10.0 Å². The monoisotopic (exact) mass is 365 g/mol. The number of nitrogens with one attached hydrogen (secondary N) is 1. The average Bonchev–Trinajstić information content (AvgIpc) is 3.38. The summed E-state index contributed by atoms with van der Waals surface area (Å²) in [7, 11) is 3.05. The first-order chi connectivity index (χ1) is 11.5. The lowest BCUT2D eigenvalue weighted by molar-refractivity contribution is -0.118. The topological polar surface area (TPSA) is 47.6 Å². The number of halogens is 2. The van der Waals surface area contributed by atoms with E-state index < -0.39 is 5.41 Å². The quantitative estimate of drug-likeness (QED) is 0.836. The molecule has 4 nitrogen and oxygen atoms in total. The zero-order valence-electron chi connectivity index (χ0n) is 13.4. The van der Waals surface area contributed by atoms with Crippen LogP contribution < -0.4 is 14.8 Å². The molecule has 2 aromatic rings. The molecule has 3 rings (SSSR count). The zero-order chi connectivity index (χ0) is 17.3. The van der Waals surface area contributed by atoms with Gasteiger partial charge in [-0.1, -0.05) is 35.3 Å². The Kier molecular flexibility index (Phi) is 4.61. The second-order valence-electron chi connectivity index (χ2n) is 5.73. The first-order valence-corrected chi connectivity index (χ1v) is 8.25. The molecule has 1 N–H and O–H groups in total. The predicted octanol–water partition coefficient (Wildman–Crippen LogP) is 4.68. The minimum atomic E-state index is -0.511. The Hall–Kier alpha value is -1.91. The molecule has 0 radical (unpaired) electrons. The molecule has 0 aromatic heterocycles. The molecule has 1 amide bonds. The van der Waals surface area contributed by atoms with Gasteiger partial charge in [0, 0.05) is 17.2 Å². The van der Waals surface area contributed by atoms with Gasteiger partial charge in [-0.25, -0.2) is 0 Å². The highest BCUT2D eigenvalue weighted by Crippen LogP contribution is 2.49. The molecule has 6 heteroatoms. The van der Waals surface area contributed by atoms with E-state index in [0.717, 1.165) is 18.4 Å². The second-order valence-corrected chi connectivity index (χ2v) is 6.57. The summed E-state index contributed by atoms with van der Waals surface area (Å²) in [5.74, 6) is 0.887. The Labute approximate surface area is 150 Å². The third kappa shape index (κ3) is 3.04. The number of hydrogen-bond donors (Lipinski definition) is 1. The van der Waals surface area contributed by atoms with Crippen LogP contribution in [-0.4, -0.2) is 20.1 Å². The van der Waals surface area contributed by atoms with Crippen LogP contribution in [0.15, 0.2) is 36.4 Å². The molecule has 0 heterocycles. The van der Waals surface area contributed by atoms with Crippen molar-refractivity contribution in [3.05, 3.63) is 52.0 Å². The number of carbonyl (C=O) groups is 1. The molecule has 0 saturated heterocycles. The number of rotatable bonds is 5. The molecule has 0 bridgehead atoms.